The molecule has 1 aromatic carbocycles. The summed E-state index contributed by atoms with van der Waals surface area (Å²) in [5.74, 6) is -1.33. The van der Waals surface area contributed by atoms with Gasteiger partial charge in [-0.25, -0.2) is 4.79 Å². The monoisotopic (exact) mass is 288 g/mol. The van der Waals surface area contributed by atoms with Gasteiger partial charge < -0.3 is 15.0 Å². The lowest BCUT2D eigenvalue weighted by Crippen LogP contribution is -2.40. The molecule has 0 bridgehead atoms. The zero-order valence-corrected chi connectivity index (χ0v) is 12.3. The van der Waals surface area contributed by atoms with Gasteiger partial charge in [0, 0.05) is 24.1 Å². The Kier molecular flexibility index (Phi) is 4.62. The molecule has 0 saturated heterocycles. The van der Waals surface area contributed by atoms with Crippen molar-refractivity contribution >= 4 is 22.8 Å². The molecule has 1 heterocycles. The number of carboxylic acids is 1. The summed E-state index contributed by atoms with van der Waals surface area (Å²) >= 11 is 0. The molecule has 1 amide bonds. The first-order valence-electron chi connectivity index (χ1n) is 7.12. The van der Waals surface area contributed by atoms with Crippen molar-refractivity contribution in [2.45, 2.75) is 32.2 Å². The van der Waals surface area contributed by atoms with Crippen LogP contribution in [0.2, 0.25) is 0 Å². The van der Waals surface area contributed by atoms with Crippen molar-refractivity contribution in [3.63, 3.8) is 0 Å². The standard InChI is InChI=1S/C16H20N2O3/c1-3-4-8-13(16(20)21)17-15(19)12-10-18(2)14-9-6-5-7-11(12)14/h5-7,9-10,13H,3-4,8H2,1-2H3,(H,17,19)(H,20,21)/t13-/m0/s1. The van der Waals surface area contributed by atoms with E-state index in [1.165, 1.54) is 0 Å². The molecule has 0 aliphatic heterocycles. The Balaban J connectivity index is 2.23. The van der Waals surface area contributed by atoms with E-state index in [1.807, 2.05) is 42.8 Å². The first-order chi connectivity index (χ1) is 10.0. The summed E-state index contributed by atoms with van der Waals surface area (Å²) in [5.41, 5.74) is 1.46. The van der Waals surface area contributed by atoms with Crippen LogP contribution in [-0.4, -0.2) is 27.6 Å². The number of fused-ring (bicyclic) bond motifs is 1. The SMILES string of the molecule is CCCC[C@H](NC(=O)c1cn(C)c2ccccc12)C(=O)O. The minimum absolute atomic E-state index is 0.338. The van der Waals surface area contributed by atoms with Crippen LogP contribution in [-0.2, 0) is 11.8 Å². The van der Waals surface area contributed by atoms with E-state index in [9.17, 15) is 14.7 Å². The number of nitrogens with zero attached hydrogens (tertiary/aromatic N) is 1. The van der Waals surface area contributed by atoms with E-state index < -0.39 is 12.0 Å². The molecule has 2 N–H and O–H groups in total. The van der Waals surface area contributed by atoms with Crippen LogP contribution in [0.4, 0.5) is 0 Å². The fourth-order valence-corrected chi connectivity index (χ4v) is 2.42. The number of carboxylic acid groups (broad SMARTS) is 1. The van der Waals surface area contributed by atoms with E-state index in [0.717, 1.165) is 23.7 Å². The highest BCUT2D eigenvalue weighted by Gasteiger charge is 2.22. The molecular formula is C16H20N2O3. The van der Waals surface area contributed by atoms with Gasteiger partial charge in [0.1, 0.15) is 6.04 Å². The molecule has 112 valence electrons. The Hall–Kier alpha value is -2.30. The van der Waals surface area contributed by atoms with Gasteiger partial charge in [0.05, 0.1) is 5.56 Å². The Bertz CT molecular complexity index is 661. The third kappa shape index (κ3) is 3.24. The van der Waals surface area contributed by atoms with Crippen LogP contribution in [0.1, 0.15) is 36.5 Å². The maximum absolute atomic E-state index is 12.4. The molecule has 0 radical (unpaired) electrons. The zero-order chi connectivity index (χ0) is 15.4. The van der Waals surface area contributed by atoms with Crippen molar-refractivity contribution in [3.05, 3.63) is 36.0 Å². The van der Waals surface area contributed by atoms with Crippen molar-refractivity contribution in [2.24, 2.45) is 7.05 Å². The number of rotatable bonds is 6. The topological polar surface area (TPSA) is 71.3 Å². The third-order valence-electron chi connectivity index (χ3n) is 3.59. The highest BCUT2D eigenvalue weighted by molar-refractivity contribution is 6.07. The molecule has 21 heavy (non-hydrogen) atoms. The van der Waals surface area contributed by atoms with Gasteiger partial charge in [-0.3, -0.25) is 4.79 Å². The lowest BCUT2D eigenvalue weighted by Gasteiger charge is -2.13. The number of amides is 1. The van der Waals surface area contributed by atoms with Crippen molar-refractivity contribution < 1.29 is 14.7 Å². The second kappa shape index (κ2) is 6.43. The molecule has 5 nitrogen and oxygen atoms in total. The van der Waals surface area contributed by atoms with Gasteiger partial charge in [-0.1, -0.05) is 38.0 Å². The molecule has 0 spiro atoms. The number of nitrogens with one attached hydrogen (secondary N) is 1. The summed E-state index contributed by atoms with van der Waals surface area (Å²) in [6.07, 6.45) is 3.85. The van der Waals surface area contributed by atoms with Gasteiger partial charge in [0.25, 0.3) is 5.91 Å². The number of hydrogen-bond donors (Lipinski definition) is 2. The van der Waals surface area contributed by atoms with Crippen molar-refractivity contribution in [1.82, 2.24) is 9.88 Å². The van der Waals surface area contributed by atoms with E-state index >= 15 is 0 Å². The molecule has 1 aromatic heterocycles. The second-order valence-electron chi connectivity index (χ2n) is 5.18. The van der Waals surface area contributed by atoms with Crippen LogP contribution in [0.25, 0.3) is 10.9 Å². The fourth-order valence-electron chi connectivity index (χ4n) is 2.42. The highest BCUT2D eigenvalue weighted by atomic mass is 16.4. The van der Waals surface area contributed by atoms with Gasteiger partial charge in [0.15, 0.2) is 0 Å². The minimum Gasteiger partial charge on any atom is -0.480 e. The maximum Gasteiger partial charge on any atom is 0.326 e. The van der Waals surface area contributed by atoms with Crippen molar-refractivity contribution in [2.75, 3.05) is 0 Å². The molecule has 2 aromatic rings. The number of benzene rings is 1. The number of carbonyl (C=O) groups is 2. The summed E-state index contributed by atoms with van der Waals surface area (Å²) in [4.78, 5) is 23.6. The van der Waals surface area contributed by atoms with Crippen LogP contribution in [0.5, 0.6) is 0 Å². The lowest BCUT2D eigenvalue weighted by molar-refractivity contribution is -0.139. The largest absolute Gasteiger partial charge is 0.480 e. The first kappa shape index (κ1) is 15.1. The van der Waals surface area contributed by atoms with Gasteiger partial charge in [-0.2, -0.15) is 0 Å². The summed E-state index contributed by atoms with van der Waals surface area (Å²) in [5, 5.41) is 12.6. The molecule has 2 rings (SSSR count). The average Bonchev–Trinajstić information content (AvgIpc) is 2.81. The van der Waals surface area contributed by atoms with E-state index in [4.69, 9.17) is 0 Å². The predicted octanol–water partition coefficient (Wildman–Crippen LogP) is 2.55. The Labute approximate surface area is 123 Å². The fraction of sp³-hybridized carbons (Fsp3) is 0.375. The number of aromatic nitrogens is 1. The molecule has 0 fully saturated rings. The number of aliphatic carboxylic acids is 1. The van der Waals surface area contributed by atoms with Crippen LogP contribution in [0, 0.1) is 0 Å². The molecule has 0 aliphatic carbocycles. The van der Waals surface area contributed by atoms with Crippen molar-refractivity contribution in [3.8, 4) is 0 Å². The summed E-state index contributed by atoms with van der Waals surface area (Å²) < 4.78 is 1.87. The molecule has 0 aliphatic rings. The predicted molar refractivity (Wildman–Crippen MR) is 81.3 cm³/mol. The van der Waals surface area contributed by atoms with E-state index in [0.29, 0.717) is 12.0 Å². The molecular weight excluding hydrogens is 268 g/mol. The van der Waals surface area contributed by atoms with Crippen LogP contribution in [0.3, 0.4) is 0 Å². The summed E-state index contributed by atoms with van der Waals surface area (Å²) in [7, 11) is 1.87. The normalized spacial score (nSPS) is 12.3. The van der Waals surface area contributed by atoms with Crippen molar-refractivity contribution in [1.29, 1.82) is 0 Å². The van der Waals surface area contributed by atoms with E-state index in [1.54, 1.807) is 6.20 Å². The molecule has 0 saturated carbocycles. The molecule has 5 heteroatoms. The Morgan fingerprint density at radius 1 is 1.33 bits per heavy atom. The van der Waals surface area contributed by atoms with E-state index in [-0.39, 0.29) is 5.91 Å². The number of hydrogen-bond acceptors (Lipinski definition) is 2. The number of carbonyl (C=O) groups excluding carboxylic acids is 1. The summed E-state index contributed by atoms with van der Waals surface area (Å²) in [6.45, 7) is 1.99. The highest BCUT2D eigenvalue weighted by Crippen LogP contribution is 2.20. The quantitative estimate of drug-likeness (QED) is 0.858. The average molecular weight is 288 g/mol. The Morgan fingerprint density at radius 3 is 2.71 bits per heavy atom. The molecule has 1 atom stereocenters. The first-order valence-corrected chi connectivity index (χ1v) is 7.12. The van der Waals surface area contributed by atoms with Crippen LogP contribution >= 0.6 is 0 Å². The van der Waals surface area contributed by atoms with Gasteiger partial charge in [0.2, 0.25) is 0 Å². The molecule has 0 unspecified atom stereocenters. The number of para-hydroxylation sites is 1. The second-order valence-corrected chi connectivity index (χ2v) is 5.18. The van der Waals surface area contributed by atoms with Gasteiger partial charge >= 0.3 is 5.97 Å². The minimum atomic E-state index is -0.989. The van der Waals surface area contributed by atoms with Gasteiger partial charge in [-0.15, -0.1) is 0 Å². The third-order valence-corrected chi connectivity index (χ3v) is 3.59. The number of unbranched alkanes of at least 4 members (excludes halogenated alkanes) is 1. The van der Waals surface area contributed by atoms with Crippen LogP contribution in [0.15, 0.2) is 30.5 Å². The summed E-state index contributed by atoms with van der Waals surface area (Å²) in [6, 6.07) is 6.73. The number of aryl methyl sites for hydroxylation is 1. The van der Waals surface area contributed by atoms with Crippen LogP contribution < -0.4 is 5.32 Å². The van der Waals surface area contributed by atoms with Gasteiger partial charge in [-0.05, 0) is 12.5 Å². The smallest absolute Gasteiger partial charge is 0.326 e. The Morgan fingerprint density at radius 2 is 2.05 bits per heavy atom. The lowest BCUT2D eigenvalue weighted by atomic mass is 10.1. The maximum atomic E-state index is 12.4. The zero-order valence-electron chi connectivity index (χ0n) is 12.3. The van der Waals surface area contributed by atoms with E-state index in [2.05, 4.69) is 5.32 Å².